The van der Waals surface area contributed by atoms with Crippen molar-refractivity contribution in [3.8, 4) is 0 Å². The van der Waals surface area contributed by atoms with Gasteiger partial charge in [0.15, 0.2) is 5.16 Å². The minimum atomic E-state index is -0.164. The van der Waals surface area contributed by atoms with Crippen LogP contribution in [-0.4, -0.2) is 26.3 Å². The normalized spacial score (nSPS) is 11.3. The summed E-state index contributed by atoms with van der Waals surface area (Å²) >= 11 is 3.14. The van der Waals surface area contributed by atoms with Gasteiger partial charge >= 0.3 is 0 Å². The van der Waals surface area contributed by atoms with E-state index >= 15 is 0 Å². The van der Waals surface area contributed by atoms with Crippen LogP contribution in [0.3, 0.4) is 0 Å². The molecule has 0 atom stereocenters. The van der Waals surface area contributed by atoms with E-state index in [0.717, 1.165) is 22.5 Å². The first kappa shape index (κ1) is 16.3. The van der Waals surface area contributed by atoms with E-state index in [2.05, 4.69) is 28.6 Å². The molecule has 0 aliphatic carbocycles. The predicted molar refractivity (Wildman–Crippen MR) is 86.1 cm³/mol. The maximum absolute atomic E-state index is 13.5. The summed E-state index contributed by atoms with van der Waals surface area (Å²) in [6, 6.07) is 7.11. The largest absolute Gasteiger partial charge is 0.324 e. The van der Waals surface area contributed by atoms with Gasteiger partial charge in [0.25, 0.3) is 0 Å². The Balaban J connectivity index is 1.89. The molecule has 7 heteroatoms. The third-order valence-corrected chi connectivity index (χ3v) is 5.10. The number of halogens is 1. The van der Waals surface area contributed by atoms with E-state index in [9.17, 15) is 4.39 Å². The van der Waals surface area contributed by atoms with Crippen molar-refractivity contribution in [3.05, 3.63) is 35.9 Å². The van der Waals surface area contributed by atoms with Gasteiger partial charge in [0.1, 0.15) is 11.6 Å². The van der Waals surface area contributed by atoms with Crippen LogP contribution in [0.2, 0.25) is 0 Å². The molecule has 114 valence electrons. The number of nitrogens with zero attached hydrogens (tertiary/aromatic N) is 3. The summed E-state index contributed by atoms with van der Waals surface area (Å²) in [5.74, 6) is 2.29. The highest BCUT2D eigenvalue weighted by Crippen LogP contribution is 2.25. The van der Waals surface area contributed by atoms with Gasteiger partial charge in [-0.25, -0.2) is 4.39 Å². The van der Waals surface area contributed by atoms with Crippen molar-refractivity contribution in [3.63, 3.8) is 0 Å². The maximum Gasteiger partial charge on any atom is 0.191 e. The van der Waals surface area contributed by atoms with E-state index in [0.29, 0.717) is 11.4 Å². The molecule has 0 saturated carbocycles. The SMILES string of the molecule is CC(C)n1c(CN)nnc1SCCSc1ccccc1F. The molecule has 0 radical (unpaired) electrons. The predicted octanol–water partition coefficient (Wildman–Crippen LogP) is 3.34. The van der Waals surface area contributed by atoms with Crippen molar-refractivity contribution < 1.29 is 4.39 Å². The van der Waals surface area contributed by atoms with Crippen LogP contribution >= 0.6 is 23.5 Å². The van der Waals surface area contributed by atoms with Crippen LogP contribution in [0.5, 0.6) is 0 Å². The van der Waals surface area contributed by atoms with Gasteiger partial charge < -0.3 is 10.3 Å². The molecular formula is C14H19FN4S2. The fourth-order valence-corrected chi connectivity index (χ4v) is 3.91. The van der Waals surface area contributed by atoms with Gasteiger partial charge in [0, 0.05) is 22.4 Å². The third kappa shape index (κ3) is 4.21. The lowest BCUT2D eigenvalue weighted by atomic mass is 10.3. The van der Waals surface area contributed by atoms with E-state index in [1.807, 2.05) is 6.07 Å². The Morgan fingerprint density at radius 1 is 1.19 bits per heavy atom. The molecule has 1 aromatic heterocycles. The Morgan fingerprint density at radius 3 is 2.57 bits per heavy atom. The van der Waals surface area contributed by atoms with Gasteiger partial charge in [-0.15, -0.1) is 22.0 Å². The Morgan fingerprint density at radius 2 is 1.90 bits per heavy atom. The molecule has 0 aliphatic rings. The first-order valence-electron chi connectivity index (χ1n) is 6.77. The summed E-state index contributed by atoms with van der Waals surface area (Å²) < 4.78 is 15.5. The maximum atomic E-state index is 13.5. The van der Waals surface area contributed by atoms with Crippen molar-refractivity contribution >= 4 is 23.5 Å². The van der Waals surface area contributed by atoms with Crippen molar-refractivity contribution in [2.45, 2.75) is 36.5 Å². The number of rotatable bonds is 7. The molecule has 0 unspecified atom stereocenters. The topological polar surface area (TPSA) is 56.7 Å². The van der Waals surface area contributed by atoms with Crippen LogP contribution < -0.4 is 5.73 Å². The molecule has 0 aliphatic heterocycles. The second kappa shape index (κ2) is 7.82. The fraction of sp³-hybridized carbons (Fsp3) is 0.429. The van der Waals surface area contributed by atoms with Gasteiger partial charge in [0.2, 0.25) is 0 Å². The van der Waals surface area contributed by atoms with Crippen LogP contribution in [0.25, 0.3) is 0 Å². The summed E-state index contributed by atoms with van der Waals surface area (Å²) in [7, 11) is 0. The van der Waals surface area contributed by atoms with E-state index in [1.165, 1.54) is 17.8 Å². The minimum Gasteiger partial charge on any atom is -0.324 e. The molecule has 0 bridgehead atoms. The molecule has 0 spiro atoms. The highest BCUT2D eigenvalue weighted by molar-refractivity contribution is 8.02. The number of thioether (sulfide) groups is 2. The average Bonchev–Trinajstić information content (AvgIpc) is 2.88. The zero-order valence-corrected chi connectivity index (χ0v) is 13.8. The molecular weight excluding hydrogens is 307 g/mol. The second-order valence-electron chi connectivity index (χ2n) is 4.69. The van der Waals surface area contributed by atoms with Crippen molar-refractivity contribution in [1.29, 1.82) is 0 Å². The Hall–Kier alpha value is -1.05. The summed E-state index contributed by atoms with van der Waals surface area (Å²) in [4.78, 5) is 0.686. The number of benzene rings is 1. The molecule has 2 N–H and O–H groups in total. The van der Waals surface area contributed by atoms with Gasteiger partial charge in [-0.2, -0.15) is 0 Å². The monoisotopic (exact) mass is 326 g/mol. The summed E-state index contributed by atoms with van der Waals surface area (Å²) in [5, 5.41) is 9.16. The fourth-order valence-electron chi connectivity index (χ4n) is 1.91. The van der Waals surface area contributed by atoms with Gasteiger partial charge in [-0.05, 0) is 26.0 Å². The molecule has 2 rings (SSSR count). The highest BCUT2D eigenvalue weighted by atomic mass is 32.2. The van der Waals surface area contributed by atoms with Crippen LogP contribution in [0.15, 0.2) is 34.3 Å². The van der Waals surface area contributed by atoms with Crippen LogP contribution in [0, 0.1) is 5.82 Å². The zero-order chi connectivity index (χ0) is 15.2. The van der Waals surface area contributed by atoms with Crippen molar-refractivity contribution in [2.75, 3.05) is 11.5 Å². The second-order valence-corrected chi connectivity index (χ2v) is 6.89. The molecule has 21 heavy (non-hydrogen) atoms. The minimum absolute atomic E-state index is 0.164. The Labute approximate surface area is 132 Å². The van der Waals surface area contributed by atoms with Gasteiger partial charge in [-0.3, -0.25) is 0 Å². The summed E-state index contributed by atoms with van der Waals surface area (Å²) in [6.45, 7) is 4.55. The standard InChI is InChI=1S/C14H19FN4S2/c1-10(2)19-13(9-16)17-18-14(19)21-8-7-20-12-6-4-3-5-11(12)15/h3-6,10H,7-9,16H2,1-2H3. The number of hydrogen-bond donors (Lipinski definition) is 1. The van der Waals surface area contributed by atoms with E-state index in [1.54, 1.807) is 23.9 Å². The number of hydrogen-bond acceptors (Lipinski definition) is 5. The number of nitrogens with two attached hydrogens (primary N) is 1. The van der Waals surface area contributed by atoms with Crippen molar-refractivity contribution in [1.82, 2.24) is 14.8 Å². The van der Waals surface area contributed by atoms with Crippen LogP contribution in [-0.2, 0) is 6.54 Å². The zero-order valence-electron chi connectivity index (χ0n) is 12.1. The Kier molecular flexibility index (Phi) is 6.08. The van der Waals surface area contributed by atoms with Gasteiger partial charge in [-0.1, -0.05) is 23.9 Å². The molecule has 1 aromatic carbocycles. The molecule has 2 aromatic rings. The third-order valence-electron chi connectivity index (χ3n) is 2.84. The lowest BCUT2D eigenvalue weighted by Gasteiger charge is -2.12. The average molecular weight is 326 g/mol. The summed E-state index contributed by atoms with van der Waals surface area (Å²) in [5.41, 5.74) is 5.67. The van der Waals surface area contributed by atoms with Crippen LogP contribution in [0.1, 0.15) is 25.7 Å². The highest BCUT2D eigenvalue weighted by Gasteiger charge is 2.13. The molecule has 1 heterocycles. The lowest BCUT2D eigenvalue weighted by molar-refractivity contribution is 0.526. The first-order valence-corrected chi connectivity index (χ1v) is 8.74. The molecule has 0 saturated heterocycles. The lowest BCUT2D eigenvalue weighted by Crippen LogP contribution is -2.11. The quantitative estimate of drug-likeness (QED) is 0.625. The smallest absolute Gasteiger partial charge is 0.191 e. The molecule has 4 nitrogen and oxygen atoms in total. The number of aromatic nitrogens is 3. The van der Waals surface area contributed by atoms with E-state index < -0.39 is 0 Å². The van der Waals surface area contributed by atoms with Crippen LogP contribution in [0.4, 0.5) is 4.39 Å². The summed E-state index contributed by atoms with van der Waals surface area (Å²) in [6.07, 6.45) is 0. The van der Waals surface area contributed by atoms with Gasteiger partial charge in [0.05, 0.1) is 6.54 Å². The molecule has 0 fully saturated rings. The Bertz CT molecular complexity index is 586. The molecule has 0 amide bonds. The van der Waals surface area contributed by atoms with Crippen molar-refractivity contribution in [2.24, 2.45) is 5.73 Å². The first-order chi connectivity index (χ1) is 10.1. The van der Waals surface area contributed by atoms with E-state index in [4.69, 9.17) is 5.73 Å². The van der Waals surface area contributed by atoms with E-state index in [-0.39, 0.29) is 11.9 Å².